The molecule has 2 N–H and O–H groups in total. The second-order valence-corrected chi connectivity index (χ2v) is 5.87. The van der Waals surface area contributed by atoms with E-state index in [-0.39, 0.29) is 5.91 Å². The van der Waals surface area contributed by atoms with Gasteiger partial charge in [0, 0.05) is 16.3 Å². The van der Waals surface area contributed by atoms with Crippen molar-refractivity contribution in [1.29, 1.82) is 0 Å². The number of nitrogens with zero attached hydrogens (tertiary/aromatic N) is 3. The number of aromatic amines is 1. The molecule has 0 saturated carbocycles. The normalized spacial score (nSPS) is 11.0. The lowest BCUT2D eigenvalue weighted by Crippen LogP contribution is -2.23. The number of nitrogens with one attached hydrogen (secondary N) is 2. The Morgan fingerprint density at radius 3 is 3.04 bits per heavy atom. The third-order valence-electron chi connectivity index (χ3n) is 3.52. The molecule has 0 saturated heterocycles. The lowest BCUT2D eigenvalue weighted by Gasteiger charge is -2.00. The van der Waals surface area contributed by atoms with Gasteiger partial charge in [0.1, 0.15) is 11.4 Å². The molecule has 1 amide bonds. The number of aromatic nitrogens is 4. The molecule has 0 spiro atoms. The fourth-order valence-corrected chi connectivity index (χ4v) is 2.98. The van der Waals surface area contributed by atoms with Crippen LogP contribution < -0.4 is 5.32 Å². The SMILES string of the molecule is O=C(NCc1cn(-c2ccsc2)nn1)c1cc2ccccc2[nH]1. The molecular weight excluding hydrogens is 310 g/mol. The molecule has 114 valence electrons. The predicted molar refractivity (Wildman–Crippen MR) is 88.7 cm³/mol. The number of carbonyl (C=O) groups is 1. The van der Waals surface area contributed by atoms with Gasteiger partial charge in [-0.3, -0.25) is 4.79 Å². The van der Waals surface area contributed by atoms with Crippen molar-refractivity contribution >= 4 is 28.1 Å². The Morgan fingerprint density at radius 1 is 1.30 bits per heavy atom. The Bertz CT molecular complexity index is 921. The Morgan fingerprint density at radius 2 is 2.22 bits per heavy atom. The summed E-state index contributed by atoms with van der Waals surface area (Å²) in [6.07, 6.45) is 1.81. The first-order valence-corrected chi connectivity index (χ1v) is 8.03. The smallest absolute Gasteiger partial charge is 0.268 e. The van der Waals surface area contributed by atoms with Gasteiger partial charge in [-0.05, 0) is 23.6 Å². The number of benzene rings is 1. The standard InChI is InChI=1S/C16H13N5OS/c22-16(15-7-11-3-1-2-4-14(11)18-15)17-8-12-9-21(20-19-12)13-5-6-23-10-13/h1-7,9-10,18H,8H2,(H,17,22). The minimum absolute atomic E-state index is 0.161. The van der Waals surface area contributed by atoms with Gasteiger partial charge in [0.05, 0.1) is 18.4 Å². The van der Waals surface area contributed by atoms with Crippen LogP contribution in [0.3, 0.4) is 0 Å². The van der Waals surface area contributed by atoms with Gasteiger partial charge in [0.25, 0.3) is 5.91 Å². The van der Waals surface area contributed by atoms with Gasteiger partial charge in [0.2, 0.25) is 0 Å². The van der Waals surface area contributed by atoms with Crippen LogP contribution in [-0.2, 0) is 6.54 Å². The molecule has 23 heavy (non-hydrogen) atoms. The van der Waals surface area contributed by atoms with E-state index in [0.29, 0.717) is 17.9 Å². The number of hydrogen-bond donors (Lipinski definition) is 2. The Kier molecular flexibility index (Phi) is 3.39. The third-order valence-corrected chi connectivity index (χ3v) is 4.19. The van der Waals surface area contributed by atoms with Gasteiger partial charge in [0.15, 0.2) is 0 Å². The molecule has 6 nitrogen and oxygen atoms in total. The van der Waals surface area contributed by atoms with Crippen molar-refractivity contribution in [3.8, 4) is 5.69 Å². The molecule has 0 aliphatic heterocycles. The zero-order chi connectivity index (χ0) is 15.6. The number of fused-ring (bicyclic) bond motifs is 1. The predicted octanol–water partition coefficient (Wildman–Crippen LogP) is 2.74. The fraction of sp³-hybridized carbons (Fsp3) is 0.0625. The van der Waals surface area contributed by atoms with E-state index in [9.17, 15) is 4.79 Å². The minimum Gasteiger partial charge on any atom is -0.351 e. The van der Waals surface area contributed by atoms with E-state index in [1.807, 2.05) is 53.4 Å². The molecule has 4 rings (SSSR count). The van der Waals surface area contributed by atoms with Crippen LogP contribution in [-0.4, -0.2) is 25.9 Å². The first kappa shape index (κ1) is 13.7. The van der Waals surface area contributed by atoms with Crippen molar-refractivity contribution in [3.05, 3.63) is 64.7 Å². The maximum Gasteiger partial charge on any atom is 0.268 e. The lowest BCUT2D eigenvalue weighted by molar-refractivity contribution is 0.0946. The second kappa shape index (κ2) is 5.69. The summed E-state index contributed by atoms with van der Waals surface area (Å²) in [5, 5.41) is 16.0. The highest BCUT2D eigenvalue weighted by Crippen LogP contribution is 2.14. The second-order valence-electron chi connectivity index (χ2n) is 5.09. The van der Waals surface area contributed by atoms with E-state index in [4.69, 9.17) is 0 Å². The van der Waals surface area contributed by atoms with Crippen LogP contribution in [0.5, 0.6) is 0 Å². The average molecular weight is 323 g/mol. The Labute approximate surface area is 135 Å². The molecule has 4 aromatic rings. The number of carbonyl (C=O) groups excluding carboxylic acids is 1. The largest absolute Gasteiger partial charge is 0.351 e. The maximum atomic E-state index is 12.2. The monoisotopic (exact) mass is 323 g/mol. The highest BCUT2D eigenvalue weighted by molar-refractivity contribution is 7.08. The zero-order valence-electron chi connectivity index (χ0n) is 12.1. The van der Waals surface area contributed by atoms with E-state index < -0.39 is 0 Å². The number of amides is 1. The molecule has 0 fully saturated rings. The van der Waals surface area contributed by atoms with Crippen molar-refractivity contribution in [2.24, 2.45) is 0 Å². The summed E-state index contributed by atoms with van der Waals surface area (Å²) >= 11 is 1.60. The molecular formula is C16H13N5OS. The van der Waals surface area contributed by atoms with Crippen LogP contribution in [0, 0.1) is 0 Å². The Hall–Kier alpha value is -2.93. The summed E-state index contributed by atoms with van der Waals surface area (Å²) in [6, 6.07) is 11.6. The van der Waals surface area contributed by atoms with Gasteiger partial charge >= 0.3 is 0 Å². The van der Waals surface area contributed by atoms with Gasteiger partial charge in [-0.1, -0.05) is 23.4 Å². The maximum absolute atomic E-state index is 12.2. The van der Waals surface area contributed by atoms with Crippen LogP contribution in [0.25, 0.3) is 16.6 Å². The third kappa shape index (κ3) is 2.74. The Balaban J connectivity index is 1.45. The molecule has 0 unspecified atom stereocenters. The van der Waals surface area contributed by atoms with Crippen LogP contribution in [0.1, 0.15) is 16.2 Å². The van der Waals surface area contributed by atoms with Gasteiger partial charge in [-0.15, -0.1) is 5.10 Å². The molecule has 0 aliphatic rings. The summed E-state index contributed by atoms with van der Waals surface area (Å²) in [7, 11) is 0. The van der Waals surface area contributed by atoms with Gasteiger partial charge in [-0.2, -0.15) is 11.3 Å². The number of hydrogen-bond acceptors (Lipinski definition) is 4. The zero-order valence-corrected chi connectivity index (χ0v) is 12.9. The van der Waals surface area contributed by atoms with E-state index in [1.165, 1.54) is 0 Å². The van der Waals surface area contributed by atoms with E-state index >= 15 is 0 Å². The molecule has 3 aromatic heterocycles. The van der Waals surface area contributed by atoms with E-state index in [1.54, 1.807) is 16.0 Å². The van der Waals surface area contributed by atoms with Crippen molar-refractivity contribution < 1.29 is 4.79 Å². The summed E-state index contributed by atoms with van der Waals surface area (Å²) < 4.78 is 1.70. The number of para-hydroxylation sites is 1. The van der Waals surface area contributed by atoms with Gasteiger partial charge in [-0.25, -0.2) is 4.68 Å². The summed E-state index contributed by atoms with van der Waals surface area (Å²) in [4.78, 5) is 15.3. The summed E-state index contributed by atoms with van der Waals surface area (Å²) in [5.41, 5.74) is 3.16. The number of H-pyrrole nitrogens is 1. The van der Waals surface area contributed by atoms with Gasteiger partial charge < -0.3 is 10.3 Å². The quantitative estimate of drug-likeness (QED) is 0.606. The molecule has 0 aliphatic carbocycles. The van der Waals surface area contributed by atoms with Crippen molar-refractivity contribution in [1.82, 2.24) is 25.3 Å². The summed E-state index contributed by atoms with van der Waals surface area (Å²) in [5.74, 6) is -0.161. The van der Waals surface area contributed by atoms with E-state index in [0.717, 1.165) is 16.6 Å². The number of rotatable bonds is 4. The number of thiophene rings is 1. The first-order valence-electron chi connectivity index (χ1n) is 7.09. The van der Waals surface area contributed by atoms with Crippen molar-refractivity contribution in [2.45, 2.75) is 6.54 Å². The molecule has 0 atom stereocenters. The van der Waals surface area contributed by atoms with Crippen molar-refractivity contribution in [2.75, 3.05) is 0 Å². The van der Waals surface area contributed by atoms with Crippen LogP contribution in [0.15, 0.2) is 53.4 Å². The molecule has 0 radical (unpaired) electrons. The fourth-order valence-electron chi connectivity index (χ4n) is 2.35. The molecule has 3 heterocycles. The van der Waals surface area contributed by atoms with E-state index in [2.05, 4.69) is 20.6 Å². The first-order chi connectivity index (χ1) is 11.3. The highest BCUT2D eigenvalue weighted by atomic mass is 32.1. The average Bonchev–Trinajstić information content (AvgIpc) is 3.31. The van der Waals surface area contributed by atoms with Crippen LogP contribution in [0.2, 0.25) is 0 Å². The lowest BCUT2D eigenvalue weighted by atomic mass is 10.2. The molecule has 0 bridgehead atoms. The molecule has 1 aromatic carbocycles. The van der Waals surface area contributed by atoms with Crippen molar-refractivity contribution in [3.63, 3.8) is 0 Å². The summed E-state index contributed by atoms with van der Waals surface area (Å²) in [6.45, 7) is 0.332. The topological polar surface area (TPSA) is 75.6 Å². The van der Waals surface area contributed by atoms with Crippen LogP contribution in [0.4, 0.5) is 0 Å². The highest BCUT2D eigenvalue weighted by Gasteiger charge is 2.10. The molecule has 7 heteroatoms. The van der Waals surface area contributed by atoms with Crippen LogP contribution >= 0.6 is 11.3 Å². The minimum atomic E-state index is -0.161.